The number of nitrogens with zero attached hydrogens (tertiary/aromatic N) is 1. The van der Waals surface area contributed by atoms with Crippen molar-refractivity contribution in [1.29, 1.82) is 0 Å². The van der Waals surface area contributed by atoms with Crippen LogP contribution in [0.25, 0.3) is 0 Å². The van der Waals surface area contributed by atoms with Crippen LogP contribution < -0.4 is 15.4 Å². The molecule has 0 bridgehead atoms. The summed E-state index contributed by atoms with van der Waals surface area (Å²) in [6.07, 6.45) is 1.83. The molecule has 0 unspecified atom stereocenters. The highest BCUT2D eigenvalue weighted by atomic mass is 32.2. The van der Waals surface area contributed by atoms with E-state index in [1.807, 2.05) is 13.8 Å². The van der Waals surface area contributed by atoms with Crippen molar-refractivity contribution in [3.05, 3.63) is 0 Å². The Morgan fingerprint density at radius 1 is 1.26 bits per heavy atom. The standard InChI is InChI=1S/C11H26N4O3S/c1-11(2,18-4)9-14-10(12-3)13-7-6-8-15-19(5,16)17/h15H,6-9H2,1-5H3,(H2,12,13,14). The molecule has 7 nitrogen and oxygen atoms in total. The van der Waals surface area contributed by atoms with Crippen LogP contribution in [0.15, 0.2) is 4.99 Å². The molecule has 0 saturated carbocycles. The summed E-state index contributed by atoms with van der Waals surface area (Å²) in [6, 6.07) is 0. The summed E-state index contributed by atoms with van der Waals surface area (Å²) < 4.78 is 29.4. The molecule has 0 fully saturated rings. The molecule has 0 aromatic rings. The van der Waals surface area contributed by atoms with Crippen molar-refractivity contribution in [2.45, 2.75) is 25.9 Å². The lowest BCUT2D eigenvalue weighted by molar-refractivity contribution is 0.0268. The summed E-state index contributed by atoms with van der Waals surface area (Å²) in [5, 5.41) is 6.24. The normalized spacial score (nSPS) is 13.4. The smallest absolute Gasteiger partial charge is 0.208 e. The van der Waals surface area contributed by atoms with Crippen molar-refractivity contribution in [3.8, 4) is 0 Å². The van der Waals surface area contributed by atoms with Crippen LogP contribution in [-0.4, -0.2) is 60.0 Å². The van der Waals surface area contributed by atoms with E-state index in [0.29, 0.717) is 32.0 Å². The van der Waals surface area contributed by atoms with Gasteiger partial charge in [-0.3, -0.25) is 4.99 Å². The van der Waals surface area contributed by atoms with Crippen molar-refractivity contribution in [2.75, 3.05) is 40.0 Å². The highest BCUT2D eigenvalue weighted by Crippen LogP contribution is 2.04. The Morgan fingerprint density at radius 2 is 1.89 bits per heavy atom. The first-order valence-corrected chi connectivity index (χ1v) is 8.03. The van der Waals surface area contributed by atoms with Gasteiger partial charge in [0.15, 0.2) is 5.96 Å². The predicted molar refractivity (Wildman–Crippen MR) is 77.9 cm³/mol. The molecule has 0 aliphatic heterocycles. The fourth-order valence-electron chi connectivity index (χ4n) is 1.14. The predicted octanol–water partition coefficient (Wildman–Crippen LogP) is -0.484. The van der Waals surface area contributed by atoms with Gasteiger partial charge in [0, 0.05) is 33.8 Å². The van der Waals surface area contributed by atoms with Gasteiger partial charge in [0.1, 0.15) is 0 Å². The zero-order chi connectivity index (χ0) is 14.9. The Labute approximate surface area is 116 Å². The van der Waals surface area contributed by atoms with Gasteiger partial charge in [0.2, 0.25) is 10.0 Å². The van der Waals surface area contributed by atoms with E-state index in [0.717, 1.165) is 6.26 Å². The third-order valence-corrected chi connectivity index (χ3v) is 3.20. The maximum absolute atomic E-state index is 10.8. The molecule has 0 spiro atoms. The average Bonchev–Trinajstić information content (AvgIpc) is 2.31. The van der Waals surface area contributed by atoms with Crippen LogP contribution >= 0.6 is 0 Å². The van der Waals surface area contributed by atoms with E-state index in [9.17, 15) is 8.42 Å². The van der Waals surface area contributed by atoms with E-state index >= 15 is 0 Å². The van der Waals surface area contributed by atoms with Crippen LogP contribution in [0.4, 0.5) is 0 Å². The SMILES string of the molecule is CN=C(NCCCNS(C)(=O)=O)NCC(C)(C)OC. The maximum atomic E-state index is 10.8. The fraction of sp³-hybridized carbons (Fsp3) is 0.909. The molecule has 0 aromatic heterocycles. The minimum Gasteiger partial charge on any atom is -0.377 e. The number of hydrogen-bond acceptors (Lipinski definition) is 4. The van der Waals surface area contributed by atoms with Crippen LogP contribution in [0.5, 0.6) is 0 Å². The van der Waals surface area contributed by atoms with Gasteiger partial charge in [-0.05, 0) is 20.3 Å². The first-order valence-electron chi connectivity index (χ1n) is 6.14. The quantitative estimate of drug-likeness (QED) is 0.319. The number of aliphatic imine (C=N–C) groups is 1. The highest BCUT2D eigenvalue weighted by molar-refractivity contribution is 7.88. The summed E-state index contributed by atoms with van der Waals surface area (Å²) in [5.74, 6) is 0.671. The molecule has 3 N–H and O–H groups in total. The average molecular weight is 294 g/mol. The van der Waals surface area contributed by atoms with Crippen LogP contribution in [0.1, 0.15) is 20.3 Å². The molecule has 0 aromatic carbocycles. The highest BCUT2D eigenvalue weighted by Gasteiger charge is 2.16. The van der Waals surface area contributed by atoms with E-state index in [1.165, 1.54) is 0 Å². The second-order valence-electron chi connectivity index (χ2n) is 4.84. The number of rotatable bonds is 8. The summed E-state index contributed by atoms with van der Waals surface area (Å²) >= 11 is 0. The second kappa shape index (κ2) is 8.34. The Hall–Kier alpha value is -0.860. The van der Waals surface area contributed by atoms with Crippen molar-refractivity contribution in [3.63, 3.8) is 0 Å². The number of sulfonamides is 1. The molecule has 0 saturated heterocycles. The van der Waals surface area contributed by atoms with Gasteiger partial charge in [0.05, 0.1) is 11.9 Å². The molecule has 114 valence electrons. The minimum absolute atomic E-state index is 0.268. The van der Waals surface area contributed by atoms with E-state index in [1.54, 1.807) is 14.2 Å². The monoisotopic (exact) mass is 294 g/mol. The molecule has 0 atom stereocenters. The zero-order valence-corrected chi connectivity index (χ0v) is 13.2. The summed E-state index contributed by atoms with van der Waals surface area (Å²) in [6.45, 7) is 5.62. The molecule has 19 heavy (non-hydrogen) atoms. The number of methoxy groups -OCH3 is 1. The Bertz CT molecular complexity index is 379. The zero-order valence-electron chi connectivity index (χ0n) is 12.4. The largest absolute Gasteiger partial charge is 0.377 e. The topological polar surface area (TPSA) is 91.8 Å². The first-order chi connectivity index (χ1) is 8.70. The van der Waals surface area contributed by atoms with Crippen LogP contribution in [0, 0.1) is 0 Å². The first kappa shape index (κ1) is 18.1. The van der Waals surface area contributed by atoms with Gasteiger partial charge in [-0.2, -0.15) is 0 Å². The van der Waals surface area contributed by atoms with E-state index in [4.69, 9.17) is 4.74 Å². The van der Waals surface area contributed by atoms with Gasteiger partial charge >= 0.3 is 0 Å². The van der Waals surface area contributed by atoms with Crippen molar-refractivity contribution < 1.29 is 13.2 Å². The van der Waals surface area contributed by atoms with Gasteiger partial charge in [-0.25, -0.2) is 13.1 Å². The van der Waals surface area contributed by atoms with E-state index in [-0.39, 0.29) is 5.60 Å². The molecule has 0 radical (unpaired) electrons. The van der Waals surface area contributed by atoms with Crippen molar-refractivity contribution >= 4 is 16.0 Å². The Kier molecular flexibility index (Phi) is 7.96. The van der Waals surface area contributed by atoms with E-state index < -0.39 is 10.0 Å². The summed E-state index contributed by atoms with van der Waals surface area (Å²) in [5.41, 5.74) is -0.268. The summed E-state index contributed by atoms with van der Waals surface area (Å²) in [7, 11) is 0.242. The molecular formula is C11H26N4O3S. The maximum Gasteiger partial charge on any atom is 0.208 e. The van der Waals surface area contributed by atoms with Crippen LogP contribution in [0.2, 0.25) is 0 Å². The number of nitrogens with one attached hydrogen (secondary N) is 3. The van der Waals surface area contributed by atoms with Gasteiger partial charge in [0.25, 0.3) is 0 Å². The van der Waals surface area contributed by atoms with Gasteiger partial charge in [-0.1, -0.05) is 0 Å². The molecule has 0 aliphatic carbocycles. The van der Waals surface area contributed by atoms with Crippen molar-refractivity contribution in [2.24, 2.45) is 4.99 Å². The third kappa shape index (κ3) is 10.7. The Balaban J connectivity index is 3.84. The van der Waals surface area contributed by atoms with Crippen molar-refractivity contribution in [1.82, 2.24) is 15.4 Å². The fourth-order valence-corrected chi connectivity index (χ4v) is 1.66. The molecule has 0 rings (SSSR count). The number of guanidine groups is 1. The molecule has 0 aliphatic rings. The lowest BCUT2D eigenvalue weighted by Crippen LogP contribution is -2.45. The lowest BCUT2D eigenvalue weighted by atomic mass is 10.1. The third-order valence-electron chi connectivity index (χ3n) is 2.47. The minimum atomic E-state index is -3.10. The van der Waals surface area contributed by atoms with Gasteiger partial charge in [-0.15, -0.1) is 0 Å². The summed E-state index contributed by atoms with van der Waals surface area (Å²) in [4.78, 5) is 4.07. The molecule has 8 heteroatoms. The molecule has 0 amide bonds. The van der Waals surface area contributed by atoms with Gasteiger partial charge < -0.3 is 15.4 Å². The number of hydrogen-bond donors (Lipinski definition) is 3. The van der Waals surface area contributed by atoms with E-state index in [2.05, 4.69) is 20.3 Å². The lowest BCUT2D eigenvalue weighted by Gasteiger charge is -2.24. The van der Waals surface area contributed by atoms with Crippen LogP contribution in [-0.2, 0) is 14.8 Å². The Morgan fingerprint density at radius 3 is 2.37 bits per heavy atom. The molecular weight excluding hydrogens is 268 g/mol. The second-order valence-corrected chi connectivity index (χ2v) is 6.67. The van der Waals surface area contributed by atoms with Crippen LogP contribution in [0.3, 0.4) is 0 Å². The molecule has 0 heterocycles. The number of ether oxygens (including phenoxy) is 1.